The predicted octanol–water partition coefficient (Wildman–Crippen LogP) is 2.09. The summed E-state index contributed by atoms with van der Waals surface area (Å²) >= 11 is 1.89. The molecule has 0 bridgehead atoms. The molecule has 0 aliphatic carbocycles. The van der Waals surface area contributed by atoms with Crippen LogP contribution in [0.25, 0.3) is 0 Å². The molecular weight excluding hydrogens is 198 g/mol. The number of carbonyl (C=O) groups excluding carboxylic acids is 1. The molecular formula is C10H15NO2S. The number of piperidine rings is 1. The van der Waals surface area contributed by atoms with E-state index in [9.17, 15) is 4.79 Å². The lowest BCUT2D eigenvalue weighted by molar-refractivity contribution is 0.0947. The van der Waals surface area contributed by atoms with Crippen molar-refractivity contribution >= 4 is 17.9 Å². The van der Waals surface area contributed by atoms with Gasteiger partial charge in [-0.25, -0.2) is 4.79 Å². The Hall–Kier alpha value is -0.640. The zero-order valence-corrected chi connectivity index (χ0v) is 9.13. The van der Waals surface area contributed by atoms with Crippen LogP contribution >= 0.6 is 11.8 Å². The Labute approximate surface area is 88.5 Å². The summed E-state index contributed by atoms with van der Waals surface area (Å²) in [5, 5.41) is 2.85. The van der Waals surface area contributed by atoms with Crippen LogP contribution < -0.4 is 0 Å². The minimum Gasteiger partial charge on any atom is -0.450 e. The molecule has 0 aromatic rings. The maximum Gasteiger partial charge on any atom is 0.409 e. The Kier molecular flexibility index (Phi) is 3.01. The average molecular weight is 213 g/mol. The molecule has 78 valence electrons. The molecule has 3 nitrogen and oxygen atoms in total. The first-order valence-corrected chi connectivity index (χ1v) is 5.99. The van der Waals surface area contributed by atoms with E-state index >= 15 is 0 Å². The highest BCUT2D eigenvalue weighted by Crippen LogP contribution is 2.35. The van der Waals surface area contributed by atoms with Crippen molar-refractivity contribution in [3.05, 3.63) is 11.5 Å². The molecule has 4 heteroatoms. The van der Waals surface area contributed by atoms with Crippen molar-refractivity contribution in [2.45, 2.75) is 18.6 Å². The number of amides is 1. The molecule has 0 N–H and O–H groups in total. The third-order valence-electron chi connectivity index (χ3n) is 2.70. The fourth-order valence-electron chi connectivity index (χ4n) is 1.94. The highest BCUT2D eigenvalue weighted by atomic mass is 32.2. The summed E-state index contributed by atoms with van der Waals surface area (Å²) in [6, 6.07) is 0. The molecule has 2 aliphatic heterocycles. The van der Waals surface area contributed by atoms with Gasteiger partial charge in [0.2, 0.25) is 0 Å². The van der Waals surface area contributed by atoms with Crippen LogP contribution in [0.1, 0.15) is 13.3 Å². The van der Waals surface area contributed by atoms with Crippen molar-refractivity contribution in [1.82, 2.24) is 4.90 Å². The normalized spacial score (nSPS) is 30.2. The summed E-state index contributed by atoms with van der Waals surface area (Å²) in [6.45, 7) is 3.98. The van der Waals surface area contributed by atoms with Crippen LogP contribution in [-0.4, -0.2) is 35.9 Å². The number of fused-ring (bicyclic) bond motifs is 1. The maximum absolute atomic E-state index is 11.5. The SMILES string of the molecule is CCOC(=O)N1CCC2SC=CC2C1. The second-order valence-electron chi connectivity index (χ2n) is 3.60. The van der Waals surface area contributed by atoms with E-state index in [0.717, 1.165) is 19.5 Å². The minimum absolute atomic E-state index is 0.156. The van der Waals surface area contributed by atoms with Gasteiger partial charge in [-0.3, -0.25) is 0 Å². The van der Waals surface area contributed by atoms with Crippen molar-refractivity contribution in [1.29, 1.82) is 0 Å². The molecule has 1 amide bonds. The highest BCUT2D eigenvalue weighted by molar-refractivity contribution is 8.03. The number of ether oxygens (including phenoxy) is 1. The number of rotatable bonds is 1. The van der Waals surface area contributed by atoms with Gasteiger partial charge in [0.1, 0.15) is 0 Å². The third kappa shape index (κ3) is 1.90. The van der Waals surface area contributed by atoms with Gasteiger partial charge < -0.3 is 9.64 Å². The van der Waals surface area contributed by atoms with E-state index in [2.05, 4.69) is 11.5 Å². The minimum atomic E-state index is -0.156. The van der Waals surface area contributed by atoms with Gasteiger partial charge in [0, 0.05) is 24.3 Å². The van der Waals surface area contributed by atoms with Gasteiger partial charge in [-0.05, 0) is 18.8 Å². The van der Waals surface area contributed by atoms with Gasteiger partial charge >= 0.3 is 6.09 Å². The van der Waals surface area contributed by atoms with E-state index in [1.807, 2.05) is 23.6 Å². The van der Waals surface area contributed by atoms with Crippen LogP contribution in [0.4, 0.5) is 4.79 Å². The van der Waals surface area contributed by atoms with E-state index in [-0.39, 0.29) is 6.09 Å². The molecule has 0 saturated carbocycles. The summed E-state index contributed by atoms with van der Waals surface area (Å²) < 4.78 is 4.99. The van der Waals surface area contributed by atoms with Gasteiger partial charge in [-0.15, -0.1) is 11.8 Å². The van der Waals surface area contributed by atoms with Crippen LogP contribution in [-0.2, 0) is 4.74 Å². The zero-order valence-electron chi connectivity index (χ0n) is 8.31. The van der Waals surface area contributed by atoms with Crippen LogP contribution in [0.3, 0.4) is 0 Å². The molecule has 2 aliphatic rings. The Balaban J connectivity index is 1.90. The lowest BCUT2D eigenvalue weighted by atomic mass is 9.98. The first-order chi connectivity index (χ1) is 6.81. The van der Waals surface area contributed by atoms with Gasteiger partial charge in [0.15, 0.2) is 0 Å². The number of likely N-dealkylation sites (tertiary alicyclic amines) is 1. The number of thioether (sulfide) groups is 1. The first kappa shape index (κ1) is 9.90. The first-order valence-electron chi connectivity index (χ1n) is 5.05. The van der Waals surface area contributed by atoms with Crippen LogP contribution in [0.5, 0.6) is 0 Å². The van der Waals surface area contributed by atoms with Gasteiger partial charge in [-0.1, -0.05) is 6.08 Å². The van der Waals surface area contributed by atoms with Gasteiger partial charge in [0.25, 0.3) is 0 Å². The molecule has 1 fully saturated rings. The number of hydrogen-bond donors (Lipinski definition) is 0. The summed E-state index contributed by atoms with van der Waals surface area (Å²) in [5.41, 5.74) is 0. The summed E-state index contributed by atoms with van der Waals surface area (Å²) in [7, 11) is 0. The van der Waals surface area contributed by atoms with Crippen molar-refractivity contribution < 1.29 is 9.53 Å². The second kappa shape index (κ2) is 4.26. The predicted molar refractivity (Wildman–Crippen MR) is 57.2 cm³/mol. The molecule has 2 atom stereocenters. The molecule has 2 unspecified atom stereocenters. The van der Waals surface area contributed by atoms with Crippen LogP contribution in [0, 0.1) is 5.92 Å². The van der Waals surface area contributed by atoms with Crippen molar-refractivity contribution in [2.75, 3.05) is 19.7 Å². The fraction of sp³-hybridized carbons (Fsp3) is 0.700. The molecule has 0 aromatic carbocycles. The highest BCUT2D eigenvalue weighted by Gasteiger charge is 2.32. The molecule has 0 aromatic heterocycles. The summed E-state index contributed by atoms with van der Waals surface area (Å²) in [6.07, 6.45) is 3.14. The summed E-state index contributed by atoms with van der Waals surface area (Å²) in [4.78, 5) is 13.3. The Morgan fingerprint density at radius 3 is 3.36 bits per heavy atom. The lowest BCUT2D eigenvalue weighted by Crippen LogP contribution is -2.43. The van der Waals surface area contributed by atoms with Crippen molar-refractivity contribution in [3.8, 4) is 0 Å². The van der Waals surface area contributed by atoms with Crippen LogP contribution in [0.15, 0.2) is 11.5 Å². The Morgan fingerprint density at radius 1 is 1.71 bits per heavy atom. The van der Waals surface area contributed by atoms with Gasteiger partial charge in [-0.2, -0.15) is 0 Å². The Bertz CT molecular complexity index is 255. The molecule has 2 rings (SSSR count). The van der Waals surface area contributed by atoms with Crippen LogP contribution in [0.2, 0.25) is 0 Å². The third-order valence-corrected chi connectivity index (χ3v) is 3.95. The number of nitrogens with zero attached hydrogens (tertiary/aromatic N) is 1. The molecule has 0 radical (unpaired) electrons. The monoisotopic (exact) mass is 213 g/mol. The quantitative estimate of drug-likeness (QED) is 0.668. The topological polar surface area (TPSA) is 29.5 Å². The standard InChI is InChI=1S/C10H15NO2S/c1-2-13-10(12)11-5-3-9-8(7-11)4-6-14-9/h4,6,8-9H,2-3,5,7H2,1H3. The van der Waals surface area contributed by atoms with E-state index in [1.54, 1.807) is 0 Å². The van der Waals surface area contributed by atoms with E-state index in [4.69, 9.17) is 4.74 Å². The molecule has 14 heavy (non-hydrogen) atoms. The Morgan fingerprint density at radius 2 is 2.57 bits per heavy atom. The van der Waals surface area contributed by atoms with E-state index in [1.165, 1.54) is 0 Å². The molecule has 2 heterocycles. The average Bonchev–Trinajstić information content (AvgIpc) is 2.64. The van der Waals surface area contributed by atoms with Crippen molar-refractivity contribution in [2.24, 2.45) is 5.92 Å². The molecule has 0 spiro atoms. The molecule has 1 saturated heterocycles. The summed E-state index contributed by atoms with van der Waals surface area (Å²) in [5.74, 6) is 0.540. The zero-order chi connectivity index (χ0) is 9.97. The smallest absolute Gasteiger partial charge is 0.409 e. The largest absolute Gasteiger partial charge is 0.450 e. The fourth-order valence-corrected chi connectivity index (χ4v) is 3.06. The lowest BCUT2D eigenvalue weighted by Gasteiger charge is -2.33. The van der Waals surface area contributed by atoms with E-state index in [0.29, 0.717) is 17.8 Å². The second-order valence-corrected chi connectivity index (χ2v) is 4.75. The number of hydrogen-bond acceptors (Lipinski definition) is 3. The van der Waals surface area contributed by atoms with Gasteiger partial charge in [0.05, 0.1) is 6.61 Å². The number of carbonyl (C=O) groups is 1. The maximum atomic E-state index is 11.5. The van der Waals surface area contributed by atoms with Crippen molar-refractivity contribution in [3.63, 3.8) is 0 Å². The van der Waals surface area contributed by atoms with E-state index < -0.39 is 0 Å².